The topological polar surface area (TPSA) is 20.3 Å². The third kappa shape index (κ3) is 1.91. The van der Waals surface area contributed by atoms with E-state index >= 15 is 0 Å². The lowest BCUT2D eigenvalue weighted by atomic mass is 9.95. The molecule has 1 fully saturated rings. The fraction of sp³-hybridized carbons (Fsp3) is 0.857. The van der Waals surface area contributed by atoms with Crippen molar-refractivity contribution >= 4 is 16.8 Å². The van der Waals surface area contributed by atoms with Crippen molar-refractivity contribution in [1.29, 1.82) is 0 Å². The van der Waals surface area contributed by atoms with Gasteiger partial charge in [-0.25, -0.2) is 4.39 Å². The molecule has 0 N–H and O–H groups in total. The third-order valence-corrected chi connectivity index (χ3v) is 2.47. The largest absolute Gasteiger partial charge is 0.306 e. The molecule has 0 aromatic carbocycles. The lowest BCUT2D eigenvalue weighted by Gasteiger charge is -2.31. The molecule has 1 rings (SSSR count). The molecule has 0 radical (unpaired) electrons. The Balaban J connectivity index is 2.55. The molecule has 0 bridgehead atoms. The molecule has 0 atom stereocenters. The molecule has 0 aromatic heterocycles. The summed E-state index contributed by atoms with van der Waals surface area (Å²) in [6.45, 7) is 1.21. The highest BCUT2D eigenvalue weighted by Gasteiger charge is 2.39. The van der Waals surface area contributed by atoms with Crippen LogP contribution >= 0.6 is 11.6 Å². The molecule has 11 heavy (non-hydrogen) atoms. The van der Waals surface area contributed by atoms with E-state index in [0.29, 0.717) is 13.1 Å². The zero-order valence-corrected chi connectivity index (χ0v) is 7.20. The molecule has 0 amide bonds. The van der Waals surface area contributed by atoms with Crippen LogP contribution in [0.25, 0.3) is 0 Å². The molecular formula is C7H11ClFNO. The Morgan fingerprint density at radius 3 is 2.36 bits per heavy atom. The zero-order chi connectivity index (χ0) is 8.48. The molecule has 1 saturated heterocycles. The number of hydrogen-bond acceptors (Lipinski definition) is 2. The van der Waals surface area contributed by atoms with Gasteiger partial charge in [-0.05, 0) is 18.6 Å². The van der Waals surface area contributed by atoms with E-state index in [1.807, 2.05) is 11.9 Å². The van der Waals surface area contributed by atoms with E-state index in [-0.39, 0.29) is 12.8 Å². The summed E-state index contributed by atoms with van der Waals surface area (Å²) in [5.74, 6) is 0. The normalized spacial score (nSPS) is 25.0. The molecule has 0 spiro atoms. The Hall–Kier alpha value is -0.150. The van der Waals surface area contributed by atoms with Crippen molar-refractivity contribution in [2.75, 3.05) is 20.1 Å². The van der Waals surface area contributed by atoms with Gasteiger partial charge in [-0.2, -0.15) is 0 Å². The summed E-state index contributed by atoms with van der Waals surface area (Å²) in [5.41, 5.74) is -1.76. The number of rotatable bonds is 1. The van der Waals surface area contributed by atoms with Gasteiger partial charge in [0, 0.05) is 25.9 Å². The van der Waals surface area contributed by atoms with Gasteiger partial charge in [-0.15, -0.1) is 0 Å². The number of carbonyl (C=O) groups is 1. The Kier molecular flexibility index (Phi) is 2.50. The first-order valence-electron chi connectivity index (χ1n) is 3.62. The number of carbonyl (C=O) groups excluding carboxylic acids is 1. The first kappa shape index (κ1) is 8.94. The second-order valence-corrected chi connectivity index (χ2v) is 3.39. The Morgan fingerprint density at radius 2 is 2.00 bits per heavy atom. The SMILES string of the molecule is CN1CCC(F)(C(=O)Cl)CC1. The van der Waals surface area contributed by atoms with Crippen LogP contribution in [0.5, 0.6) is 0 Å². The number of likely N-dealkylation sites (tertiary alicyclic amines) is 1. The number of piperidine rings is 1. The maximum Gasteiger partial charge on any atom is 0.259 e. The van der Waals surface area contributed by atoms with Gasteiger partial charge in [0.15, 0.2) is 5.67 Å². The summed E-state index contributed by atoms with van der Waals surface area (Å²) in [7, 11) is 1.90. The average Bonchev–Trinajstić information content (AvgIpc) is 1.95. The van der Waals surface area contributed by atoms with Gasteiger partial charge in [0.1, 0.15) is 0 Å². The second-order valence-electron chi connectivity index (χ2n) is 3.04. The van der Waals surface area contributed by atoms with Crippen molar-refractivity contribution in [3.63, 3.8) is 0 Å². The summed E-state index contributed by atoms with van der Waals surface area (Å²) >= 11 is 5.11. The van der Waals surface area contributed by atoms with Crippen molar-refractivity contribution in [3.05, 3.63) is 0 Å². The van der Waals surface area contributed by atoms with Crippen LogP contribution in [0.2, 0.25) is 0 Å². The van der Waals surface area contributed by atoms with Crippen LogP contribution in [0.15, 0.2) is 0 Å². The molecule has 2 nitrogen and oxygen atoms in total. The average molecular weight is 180 g/mol. The molecular weight excluding hydrogens is 169 g/mol. The minimum Gasteiger partial charge on any atom is -0.306 e. The van der Waals surface area contributed by atoms with E-state index in [9.17, 15) is 9.18 Å². The Bertz CT molecular complexity index is 166. The maximum absolute atomic E-state index is 13.4. The summed E-state index contributed by atoms with van der Waals surface area (Å²) in [4.78, 5) is 12.6. The highest BCUT2D eigenvalue weighted by atomic mass is 35.5. The summed E-state index contributed by atoms with van der Waals surface area (Å²) in [6, 6.07) is 0. The van der Waals surface area contributed by atoms with Gasteiger partial charge in [0.05, 0.1) is 0 Å². The molecule has 1 aliphatic rings. The zero-order valence-electron chi connectivity index (χ0n) is 6.44. The monoisotopic (exact) mass is 179 g/mol. The highest BCUT2D eigenvalue weighted by molar-refractivity contribution is 6.65. The molecule has 64 valence electrons. The molecule has 0 aromatic rings. The predicted octanol–water partition coefficient (Wildman–Crippen LogP) is 1.19. The van der Waals surface area contributed by atoms with Gasteiger partial charge in [-0.3, -0.25) is 4.79 Å². The van der Waals surface area contributed by atoms with Crippen molar-refractivity contribution in [2.24, 2.45) is 0 Å². The summed E-state index contributed by atoms with van der Waals surface area (Å²) in [6.07, 6.45) is 0.456. The summed E-state index contributed by atoms with van der Waals surface area (Å²) < 4.78 is 13.4. The smallest absolute Gasteiger partial charge is 0.259 e. The standard InChI is InChI=1S/C7H11ClFNO/c1-10-4-2-7(9,3-5-10)6(8)11/h2-5H2,1H3. The number of nitrogens with zero attached hydrogens (tertiary/aromatic N) is 1. The Labute approximate surface area is 70.3 Å². The molecule has 0 saturated carbocycles. The van der Waals surface area contributed by atoms with Crippen LogP contribution < -0.4 is 0 Å². The Morgan fingerprint density at radius 1 is 1.55 bits per heavy atom. The van der Waals surface area contributed by atoms with Crippen molar-refractivity contribution in [1.82, 2.24) is 4.90 Å². The van der Waals surface area contributed by atoms with E-state index in [4.69, 9.17) is 11.6 Å². The van der Waals surface area contributed by atoms with Gasteiger partial charge in [0.2, 0.25) is 0 Å². The number of alkyl halides is 1. The van der Waals surface area contributed by atoms with E-state index in [1.54, 1.807) is 0 Å². The van der Waals surface area contributed by atoms with E-state index in [1.165, 1.54) is 0 Å². The van der Waals surface area contributed by atoms with E-state index in [0.717, 1.165) is 0 Å². The van der Waals surface area contributed by atoms with Crippen LogP contribution in [-0.2, 0) is 4.79 Å². The van der Waals surface area contributed by atoms with Crippen LogP contribution in [0.4, 0.5) is 4.39 Å². The molecule has 0 unspecified atom stereocenters. The lowest BCUT2D eigenvalue weighted by molar-refractivity contribution is -0.124. The highest BCUT2D eigenvalue weighted by Crippen LogP contribution is 2.28. The van der Waals surface area contributed by atoms with Gasteiger partial charge >= 0.3 is 0 Å². The maximum atomic E-state index is 13.4. The van der Waals surface area contributed by atoms with E-state index in [2.05, 4.69) is 0 Å². The number of halogens is 2. The summed E-state index contributed by atoms with van der Waals surface area (Å²) in [5, 5.41) is -0.842. The van der Waals surface area contributed by atoms with Crippen molar-refractivity contribution in [2.45, 2.75) is 18.5 Å². The molecule has 1 heterocycles. The first-order valence-corrected chi connectivity index (χ1v) is 4.00. The minimum absolute atomic E-state index is 0.228. The molecule has 0 aliphatic carbocycles. The first-order chi connectivity index (χ1) is 5.04. The van der Waals surface area contributed by atoms with E-state index < -0.39 is 10.9 Å². The number of hydrogen-bond donors (Lipinski definition) is 0. The second kappa shape index (κ2) is 3.07. The molecule has 1 aliphatic heterocycles. The van der Waals surface area contributed by atoms with Gasteiger partial charge in [0.25, 0.3) is 5.24 Å². The quantitative estimate of drug-likeness (QED) is 0.564. The van der Waals surface area contributed by atoms with Gasteiger partial charge < -0.3 is 4.90 Å². The van der Waals surface area contributed by atoms with Crippen molar-refractivity contribution in [3.8, 4) is 0 Å². The van der Waals surface area contributed by atoms with Crippen LogP contribution in [0.1, 0.15) is 12.8 Å². The minimum atomic E-state index is -1.76. The lowest BCUT2D eigenvalue weighted by Crippen LogP contribution is -2.43. The fourth-order valence-electron chi connectivity index (χ4n) is 1.17. The van der Waals surface area contributed by atoms with Crippen LogP contribution in [0, 0.1) is 0 Å². The molecule has 4 heteroatoms. The third-order valence-electron chi connectivity index (χ3n) is 2.13. The fourth-order valence-corrected chi connectivity index (χ4v) is 1.36. The van der Waals surface area contributed by atoms with Crippen molar-refractivity contribution < 1.29 is 9.18 Å². The van der Waals surface area contributed by atoms with Crippen LogP contribution in [0.3, 0.4) is 0 Å². The van der Waals surface area contributed by atoms with Crippen LogP contribution in [-0.4, -0.2) is 35.9 Å². The van der Waals surface area contributed by atoms with Gasteiger partial charge in [-0.1, -0.05) is 0 Å². The predicted molar refractivity (Wildman–Crippen MR) is 41.4 cm³/mol.